The third-order valence-electron chi connectivity index (χ3n) is 3.92. The lowest BCUT2D eigenvalue weighted by atomic mass is 10.0. The molecule has 0 amide bonds. The molecule has 0 spiro atoms. The topological polar surface area (TPSA) is 32.5 Å². The number of hydrogen-bond donors (Lipinski definition) is 1. The van der Waals surface area contributed by atoms with Crippen LogP contribution in [0.5, 0.6) is 0 Å². The predicted octanol–water partition coefficient (Wildman–Crippen LogP) is 1.64. The standard InChI is InChI=1S/C15H25N3/c1-3-17-8-10-18(11-9-17)15-5-4-14(6-7-16)13(2)12-15/h4-5,12H,3,6-11,16H2,1-2H3. The average Bonchev–Trinajstić information content (AvgIpc) is 2.41. The van der Waals surface area contributed by atoms with Gasteiger partial charge in [-0.15, -0.1) is 0 Å². The van der Waals surface area contributed by atoms with Crippen molar-refractivity contribution >= 4 is 5.69 Å². The van der Waals surface area contributed by atoms with E-state index in [9.17, 15) is 0 Å². The quantitative estimate of drug-likeness (QED) is 0.878. The van der Waals surface area contributed by atoms with Crippen LogP contribution < -0.4 is 10.6 Å². The van der Waals surface area contributed by atoms with Gasteiger partial charge in [0.2, 0.25) is 0 Å². The second-order valence-corrected chi connectivity index (χ2v) is 5.07. The minimum Gasteiger partial charge on any atom is -0.369 e. The fraction of sp³-hybridized carbons (Fsp3) is 0.600. The molecule has 2 rings (SSSR count). The Bertz CT molecular complexity index is 381. The lowest BCUT2D eigenvalue weighted by Gasteiger charge is -2.35. The van der Waals surface area contributed by atoms with Gasteiger partial charge in [-0.25, -0.2) is 0 Å². The van der Waals surface area contributed by atoms with E-state index in [4.69, 9.17) is 5.73 Å². The molecule has 0 aliphatic carbocycles. The molecule has 1 aliphatic rings. The van der Waals surface area contributed by atoms with Gasteiger partial charge in [-0.2, -0.15) is 0 Å². The highest BCUT2D eigenvalue weighted by Crippen LogP contribution is 2.20. The molecule has 0 saturated carbocycles. The van der Waals surface area contributed by atoms with Gasteiger partial charge in [0.05, 0.1) is 0 Å². The molecule has 0 radical (unpaired) electrons. The van der Waals surface area contributed by atoms with Crippen molar-refractivity contribution < 1.29 is 0 Å². The maximum atomic E-state index is 5.62. The van der Waals surface area contributed by atoms with E-state index in [0.717, 1.165) is 26.1 Å². The van der Waals surface area contributed by atoms with Crippen molar-refractivity contribution in [3.05, 3.63) is 29.3 Å². The summed E-state index contributed by atoms with van der Waals surface area (Å²) in [5.41, 5.74) is 9.74. The molecule has 3 heteroatoms. The number of nitrogens with zero attached hydrogens (tertiary/aromatic N) is 2. The zero-order valence-electron chi connectivity index (χ0n) is 11.7. The van der Waals surface area contributed by atoms with Crippen molar-refractivity contribution in [1.29, 1.82) is 0 Å². The maximum Gasteiger partial charge on any atom is 0.0369 e. The van der Waals surface area contributed by atoms with Gasteiger partial charge in [0.1, 0.15) is 0 Å². The number of rotatable bonds is 4. The lowest BCUT2D eigenvalue weighted by Crippen LogP contribution is -2.46. The highest BCUT2D eigenvalue weighted by molar-refractivity contribution is 5.51. The molecule has 1 aromatic rings. The van der Waals surface area contributed by atoms with E-state index in [-0.39, 0.29) is 0 Å². The number of aryl methyl sites for hydroxylation is 1. The van der Waals surface area contributed by atoms with Crippen LogP contribution in [0.25, 0.3) is 0 Å². The highest BCUT2D eigenvalue weighted by atomic mass is 15.3. The van der Waals surface area contributed by atoms with E-state index in [1.807, 2.05) is 0 Å². The molecule has 0 unspecified atom stereocenters. The molecule has 100 valence electrons. The van der Waals surface area contributed by atoms with Crippen LogP contribution >= 0.6 is 0 Å². The highest BCUT2D eigenvalue weighted by Gasteiger charge is 2.16. The minimum absolute atomic E-state index is 0.732. The van der Waals surface area contributed by atoms with Crippen LogP contribution in [0, 0.1) is 6.92 Å². The minimum atomic E-state index is 0.732. The van der Waals surface area contributed by atoms with E-state index in [2.05, 4.69) is 41.8 Å². The first-order valence-electron chi connectivity index (χ1n) is 7.01. The molecular formula is C15H25N3. The third kappa shape index (κ3) is 3.03. The Morgan fingerprint density at radius 2 is 1.89 bits per heavy atom. The molecule has 0 aromatic heterocycles. The number of benzene rings is 1. The Morgan fingerprint density at radius 3 is 2.44 bits per heavy atom. The zero-order chi connectivity index (χ0) is 13.0. The van der Waals surface area contributed by atoms with E-state index < -0.39 is 0 Å². The van der Waals surface area contributed by atoms with Gasteiger partial charge < -0.3 is 15.5 Å². The lowest BCUT2D eigenvalue weighted by molar-refractivity contribution is 0.271. The Kier molecular flexibility index (Phi) is 4.61. The fourth-order valence-electron chi connectivity index (χ4n) is 2.64. The molecule has 18 heavy (non-hydrogen) atoms. The summed E-state index contributed by atoms with van der Waals surface area (Å²) in [5.74, 6) is 0. The maximum absolute atomic E-state index is 5.62. The van der Waals surface area contributed by atoms with Crippen LogP contribution in [0.2, 0.25) is 0 Å². The normalized spacial score (nSPS) is 17.2. The van der Waals surface area contributed by atoms with E-state index in [1.165, 1.54) is 36.4 Å². The Morgan fingerprint density at radius 1 is 1.17 bits per heavy atom. The van der Waals surface area contributed by atoms with E-state index >= 15 is 0 Å². The van der Waals surface area contributed by atoms with Crippen molar-refractivity contribution in [2.45, 2.75) is 20.3 Å². The largest absolute Gasteiger partial charge is 0.369 e. The second kappa shape index (κ2) is 6.21. The molecule has 0 atom stereocenters. The monoisotopic (exact) mass is 247 g/mol. The van der Waals surface area contributed by atoms with Gasteiger partial charge >= 0.3 is 0 Å². The van der Waals surface area contributed by atoms with Crippen molar-refractivity contribution in [3.63, 3.8) is 0 Å². The first-order valence-corrected chi connectivity index (χ1v) is 7.01. The molecule has 2 N–H and O–H groups in total. The van der Waals surface area contributed by atoms with Gasteiger partial charge in [-0.05, 0) is 49.7 Å². The van der Waals surface area contributed by atoms with Crippen molar-refractivity contribution in [3.8, 4) is 0 Å². The number of likely N-dealkylation sites (N-methyl/N-ethyl adjacent to an activating group) is 1. The molecule has 1 fully saturated rings. The van der Waals surface area contributed by atoms with Gasteiger partial charge in [-0.3, -0.25) is 0 Å². The fourth-order valence-corrected chi connectivity index (χ4v) is 2.64. The molecule has 1 aromatic carbocycles. The first-order chi connectivity index (χ1) is 8.74. The summed E-state index contributed by atoms with van der Waals surface area (Å²) in [7, 11) is 0. The van der Waals surface area contributed by atoms with Crippen molar-refractivity contribution in [2.75, 3.05) is 44.2 Å². The SMILES string of the molecule is CCN1CCN(c2ccc(CCN)c(C)c2)CC1. The summed E-state index contributed by atoms with van der Waals surface area (Å²) in [4.78, 5) is 5.00. The predicted molar refractivity (Wildman–Crippen MR) is 78.3 cm³/mol. The number of nitrogens with two attached hydrogens (primary N) is 1. The van der Waals surface area contributed by atoms with E-state index in [1.54, 1.807) is 0 Å². The Hall–Kier alpha value is -1.06. The van der Waals surface area contributed by atoms with Crippen LogP contribution in [0.3, 0.4) is 0 Å². The van der Waals surface area contributed by atoms with E-state index in [0.29, 0.717) is 0 Å². The first kappa shape index (κ1) is 13.4. The van der Waals surface area contributed by atoms with Gasteiger partial charge in [-0.1, -0.05) is 13.0 Å². The van der Waals surface area contributed by atoms with Crippen molar-refractivity contribution in [1.82, 2.24) is 4.90 Å². The number of piperazine rings is 1. The summed E-state index contributed by atoms with van der Waals surface area (Å²) in [6.45, 7) is 11.0. The number of anilines is 1. The summed E-state index contributed by atoms with van der Waals surface area (Å²) in [6.07, 6.45) is 0.982. The molecule has 1 aliphatic heterocycles. The van der Waals surface area contributed by atoms with Crippen molar-refractivity contribution in [2.24, 2.45) is 5.73 Å². The average molecular weight is 247 g/mol. The molecule has 3 nitrogen and oxygen atoms in total. The zero-order valence-corrected chi connectivity index (χ0v) is 11.7. The van der Waals surface area contributed by atoms with Gasteiger partial charge in [0, 0.05) is 31.9 Å². The van der Waals surface area contributed by atoms with Crippen LogP contribution in [0.15, 0.2) is 18.2 Å². The van der Waals surface area contributed by atoms with Crippen LogP contribution in [-0.2, 0) is 6.42 Å². The summed E-state index contributed by atoms with van der Waals surface area (Å²) in [5, 5.41) is 0. The Balaban J connectivity index is 2.03. The smallest absolute Gasteiger partial charge is 0.0369 e. The van der Waals surface area contributed by atoms with Gasteiger partial charge in [0.15, 0.2) is 0 Å². The molecule has 1 saturated heterocycles. The summed E-state index contributed by atoms with van der Waals surface area (Å²) >= 11 is 0. The van der Waals surface area contributed by atoms with Crippen LogP contribution in [0.1, 0.15) is 18.1 Å². The Labute approximate surface area is 111 Å². The third-order valence-corrected chi connectivity index (χ3v) is 3.92. The van der Waals surface area contributed by atoms with Crippen LogP contribution in [0.4, 0.5) is 5.69 Å². The second-order valence-electron chi connectivity index (χ2n) is 5.07. The molecule has 0 bridgehead atoms. The van der Waals surface area contributed by atoms with Crippen LogP contribution in [-0.4, -0.2) is 44.2 Å². The molecule has 1 heterocycles. The summed E-state index contributed by atoms with van der Waals surface area (Å²) in [6, 6.07) is 6.80. The van der Waals surface area contributed by atoms with Gasteiger partial charge in [0.25, 0.3) is 0 Å². The summed E-state index contributed by atoms with van der Waals surface area (Å²) < 4.78 is 0. The molecular weight excluding hydrogens is 222 g/mol. The number of hydrogen-bond acceptors (Lipinski definition) is 3.